The summed E-state index contributed by atoms with van der Waals surface area (Å²) in [7, 11) is 0.184. The van der Waals surface area contributed by atoms with E-state index in [1.807, 2.05) is 23.0 Å². The van der Waals surface area contributed by atoms with E-state index in [1.165, 1.54) is 0 Å². The molecule has 0 unspecified atom stereocenters. The molecule has 2 aliphatic heterocycles. The molecular weight excluding hydrogens is 492 g/mol. The molecule has 9 nitrogen and oxygen atoms in total. The molecule has 2 N–H and O–H groups in total. The van der Waals surface area contributed by atoms with Gasteiger partial charge in [-0.25, -0.2) is 9.97 Å². The van der Waals surface area contributed by atoms with Gasteiger partial charge >= 0.3 is 0 Å². The van der Waals surface area contributed by atoms with E-state index in [2.05, 4.69) is 85.6 Å². The molecule has 200 valence electrons. The molecule has 0 radical (unpaired) electrons. The second-order valence-corrected chi connectivity index (χ2v) is 17.2. The third kappa shape index (κ3) is 4.82. The van der Waals surface area contributed by atoms with Gasteiger partial charge in [-0.1, -0.05) is 27.7 Å². The lowest BCUT2D eigenvalue weighted by atomic mass is 9.83. The lowest BCUT2D eigenvalue weighted by Crippen LogP contribution is -2.45. The minimum Gasteiger partial charge on any atom is -0.416 e. The highest BCUT2D eigenvalue weighted by molar-refractivity contribution is 6.74. The quantitative estimate of drug-likeness (QED) is 0.424. The first-order valence-corrected chi connectivity index (χ1v) is 16.1. The Labute approximate surface area is 226 Å². The lowest BCUT2D eigenvalue weighted by molar-refractivity contribution is 0.220. The third-order valence-corrected chi connectivity index (χ3v) is 12.9. The minimum atomic E-state index is -1.93. The number of aromatic nitrogens is 4. The van der Waals surface area contributed by atoms with Crippen LogP contribution in [0.3, 0.4) is 0 Å². The fourth-order valence-electron chi connectivity index (χ4n) is 4.78. The van der Waals surface area contributed by atoms with Gasteiger partial charge in [0.15, 0.2) is 8.32 Å². The molecule has 1 atom stereocenters. The zero-order chi connectivity index (χ0) is 27.3. The number of anilines is 3. The van der Waals surface area contributed by atoms with Gasteiger partial charge in [0.2, 0.25) is 5.95 Å². The van der Waals surface area contributed by atoms with Crippen LogP contribution in [0, 0.1) is 11.3 Å². The topological polar surface area (TPSA) is 104 Å². The van der Waals surface area contributed by atoms with Crippen molar-refractivity contribution in [1.29, 1.82) is 5.26 Å². The van der Waals surface area contributed by atoms with Crippen molar-refractivity contribution in [2.24, 2.45) is 0 Å². The van der Waals surface area contributed by atoms with Gasteiger partial charge in [-0.3, -0.25) is 9.58 Å². The summed E-state index contributed by atoms with van der Waals surface area (Å²) in [6, 6.07) is 8.35. The molecule has 2 aromatic heterocycles. The molecule has 2 aliphatic rings. The van der Waals surface area contributed by atoms with Gasteiger partial charge in [0, 0.05) is 43.4 Å². The van der Waals surface area contributed by atoms with Crippen LogP contribution in [0.2, 0.25) is 18.1 Å². The Bertz CT molecular complexity index is 1400. The highest BCUT2D eigenvalue weighted by atomic mass is 28.4. The van der Waals surface area contributed by atoms with E-state index in [4.69, 9.17) is 9.41 Å². The summed E-state index contributed by atoms with van der Waals surface area (Å²) >= 11 is 0. The smallest absolute Gasteiger partial charge is 0.227 e. The summed E-state index contributed by atoms with van der Waals surface area (Å²) in [4.78, 5) is 11.6. The Hall–Kier alpha value is -3.26. The molecule has 0 amide bonds. The molecule has 0 aliphatic carbocycles. The molecule has 38 heavy (non-hydrogen) atoms. The monoisotopic (exact) mass is 530 g/mol. The maximum absolute atomic E-state index is 10.00. The number of nitrogens with zero attached hydrogens (tertiary/aromatic N) is 6. The van der Waals surface area contributed by atoms with Gasteiger partial charge in [0.1, 0.15) is 6.07 Å². The molecular formula is C28H38N8OSi. The van der Waals surface area contributed by atoms with Crippen molar-refractivity contribution < 1.29 is 4.43 Å². The van der Waals surface area contributed by atoms with Crippen molar-refractivity contribution in [3.8, 4) is 17.3 Å². The average molecular weight is 531 g/mol. The number of nitrogens with one attached hydrogen (secondary N) is 2. The Morgan fingerprint density at radius 3 is 2.79 bits per heavy atom. The molecule has 1 aromatic carbocycles. The zero-order valence-corrected chi connectivity index (χ0v) is 24.5. The number of rotatable bonds is 6. The van der Waals surface area contributed by atoms with Crippen LogP contribution in [0.4, 0.5) is 17.3 Å². The van der Waals surface area contributed by atoms with Gasteiger partial charge in [-0.15, -0.1) is 0 Å². The SMILES string of the molecule is CN1CCn2ncc(Nc3nccc(-c4cc(C#N)c5c(c4)[C@@](C)(CO[Si](C)(C)C(C)(C)C)CN5)n3)c2C1. The highest BCUT2D eigenvalue weighted by Crippen LogP contribution is 2.44. The first kappa shape index (κ1) is 26.3. The predicted octanol–water partition coefficient (Wildman–Crippen LogP) is 5.11. The van der Waals surface area contributed by atoms with Crippen LogP contribution in [0.25, 0.3) is 11.3 Å². The van der Waals surface area contributed by atoms with Gasteiger partial charge in [0.25, 0.3) is 0 Å². The first-order chi connectivity index (χ1) is 17.9. The van der Waals surface area contributed by atoms with Gasteiger partial charge in [0.05, 0.1) is 41.1 Å². The second kappa shape index (κ2) is 9.49. The summed E-state index contributed by atoms with van der Waals surface area (Å²) in [5, 5.41) is 21.5. The summed E-state index contributed by atoms with van der Waals surface area (Å²) < 4.78 is 8.69. The average Bonchev–Trinajstić information content (AvgIpc) is 3.42. The molecule has 4 heterocycles. The maximum Gasteiger partial charge on any atom is 0.227 e. The zero-order valence-electron chi connectivity index (χ0n) is 23.5. The van der Waals surface area contributed by atoms with Gasteiger partial charge < -0.3 is 15.1 Å². The number of hydrogen-bond acceptors (Lipinski definition) is 8. The van der Waals surface area contributed by atoms with Crippen LogP contribution in [-0.2, 0) is 22.9 Å². The molecule has 0 saturated heterocycles. The van der Waals surface area contributed by atoms with E-state index < -0.39 is 8.32 Å². The van der Waals surface area contributed by atoms with E-state index in [-0.39, 0.29) is 10.5 Å². The maximum atomic E-state index is 10.00. The molecule has 3 aromatic rings. The fourth-order valence-corrected chi connectivity index (χ4v) is 5.90. The van der Waals surface area contributed by atoms with E-state index >= 15 is 0 Å². The van der Waals surface area contributed by atoms with Crippen molar-refractivity contribution in [3.05, 3.63) is 47.4 Å². The van der Waals surface area contributed by atoms with Crippen LogP contribution < -0.4 is 10.6 Å². The van der Waals surface area contributed by atoms with E-state index in [0.29, 0.717) is 18.1 Å². The van der Waals surface area contributed by atoms with Crippen molar-refractivity contribution >= 4 is 25.6 Å². The van der Waals surface area contributed by atoms with E-state index in [9.17, 15) is 5.26 Å². The number of benzene rings is 1. The van der Waals surface area contributed by atoms with Crippen molar-refractivity contribution in [1.82, 2.24) is 24.6 Å². The van der Waals surface area contributed by atoms with Gasteiger partial charge in [-0.2, -0.15) is 10.4 Å². The Morgan fingerprint density at radius 2 is 2.05 bits per heavy atom. The number of nitriles is 1. The van der Waals surface area contributed by atoms with Gasteiger partial charge in [-0.05, 0) is 48.9 Å². The largest absolute Gasteiger partial charge is 0.416 e. The highest BCUT2D eigenvalue weighted by Gasteiger charge is 2.42. The molecule has 5 rings (SSSR count). The normalized spacial score (nSPS) is 19.4. The van der Waals surface area contributed by atoms with Crippen LogP contribution in [0.15, 0.2) is 30.6 Å². The van der Waals surface area contributed by atoms with E-state index in [1.54, 1.807) is 6.20 Å². The molecule has 0 bridgehead atoms. The fraction of sp³-hybridized carbons (Fsp3) is 0.500. The Morgan fingerprint density at radius 1 is 1.26 bits per heavy atom. The predicted molar refractivity (Wildman–Crippen MR) is 153 cm³/mol. The summed E-state index contributed by atoms with van der Waals surface area (Å²) in [6.07, 6.45) is 3.59. The summed E-state index contributed by atoms with van der Waals surface area (Å²) in [5.74, 6) is 0.507. The van der Waals surface area contributed by atoms with Crippen LogP contribution in [0.1, 0.15) is 44.5 Å². The van der Waals surface area contributed by atoms with Crippen molar-refractivity contribution in [3.63, 3.8) is 0 Å². The molecule has 0 fully saturated rings. The first-order valence-electron chi connectivity index (χ1n) is 13.2. The van der Waals surface area contributed by atoms with Crippen LogP contribution in [-0.4, -0.2) is 59.7 Å². The van der Waals surface area contributed by atoms with Crippen LogP contribution in [0.5, 0.6) is 0 Å². The number of likely N-dealkylation sites (N-methyl/N-ethyl adjacent to an activating group) is 1. The molecule has 0 saturated carbocycles. The van der Waals surface area contributed by atoms with Crippen molar-refractivity contribution in [2.75, 3.05) is 37.4 Å². The minimum absolute atomic E-state index is 0.132. The summed E-state index contributed by atoms with van der Waals surface area (Å²) in [6.45, 7) is 17.6. The van der Waals surface area contributed by atoms with E-state index in [0.717, 1.165) is 60.1 Å². The molecule has 10 heteroatoms. The number of hydrogen-bond donors (Lipinski definition) is 2. The Balaban J connectivity index is 1.45. The molecule has 0 spiro atoms. The lowest BCUT2D eigenvalue weighted by Gasteiger charge is -2.39. The second-order valence-electron chi connectivity index (χ2n) is 12.4. The Kier molecular flexibility index (Phi) is 6.58. The number of fused-ring (bicyclic) bond motifs is 2. The van der Waals surface area contributed by atoms with Crippen molar-refractivity contribution in [2.45, 2.75) is 64.3 Å². The van der Waals surface area contributed by atoms with Crippen LogP contribution >= 0.6 is 0 Å². The standard InChI is InChI=1S/C28H38N8OSi/c1-27(2,3)38(6,7)37-18-28(4)17-31-25-20(14-29)12-19(13-21(25)28)22-8-9-30-26(33-22)34-23-15-32-36-11-10-35(5)16-24(23)36/h8-9,12-13,15,31H,10-11,16-18H2,1-7H3,(H,30,33,34)/t28-/m1/s1. The summed E-state index contributed by atoms with van der Waals surface area (Å²) in [5.41, 5.74) is 6.08. The third-order valence-electron chi connectivity index (χ3n) is 8.38.